The molecule has 3 heterocycles. The van der Waals surface area contributed by atoms with Crippen molar-refractivity contribution in [1.82, 2.24) is 24.8 Å². The van der Waals surface area contributed by atoms with Crippen molar-refractivity contribution >= 4 is 11.8 Å². The Kier molecular flexibility index (Phi) is 6.74. The van der Waals surface area contributed by atoms with Gasteiger partial charge in [0, 0.05) is 49.6 Å². The Bertz CT molecular complexity index is 918. The molecule has 1 aliphatic heterocycles. The van der Waals surface area contributed by atoms with E-state index in [2.05, 4.69) is 15.3 Å². The van der Waals surface area contributed by atoms with Gasteiger partial charge in [-0.25, -0.2) is 4.79 Å². The van der Waals surface area contributed by atoms with Crippen molar-refractivity contribution in [1.29, 1.82) is 0 Å². The molecule has 2 aromatic heterocycles. The van der Waals surface area contributed by atoms with Crippen molar-refractivity contribution in [2.75, 3.05) is 13.1 Å². The summed E-state index contributed by atoms with van der Waals surface area (Å²) in [6.07, 6.45) is 3.24. The zero-order valence-corrected chi connectivity index (χ0v) is 16.9. The smallest absolute Gasteiger partial charge is 0.347 e. The predicted octanol–water partition coefficient (Wildman–Crippen LogP) is 1.20. The first-order chi connectivity index (χ1) is 13.9. The molecule has 0 radical (unpaired) electrons. The lowest BCUT2D eigenvalue weighted by Gasteiger charge is -2.31. The van der Waals surface area contributed by atoms with Crippen molar-refractivity contribution < 1.29 is 9.59 Å². The number of carbonyl (C=O) groups is 2. The zero-order chi connectivity index (χ0) is 20.8. The predicted molar refractivity (Wildman–Crippen MR) is 108 cm³/mol. The van der Waals surface area contributed by atoms with E-state index in [1.165, 1.54) is 4.57 Å². The van der Waals surface area contributed by atoms with Gasteiger partial charge in [-0.1, -0.05) is 6.07 Å². The quantitative estimate of drug-likeness (QED) is 0.790. The topological polar surface area (TPSA) is 97.2 Å². The fourth-order valence-corrected chi connectivity index (χ4v) is 3.63. The highest BCUT2D eigenvalue weighted by molar-refractivity contribution is 5.80. The normalized spacial score (nSPS) is 14.6. The molecule has 0 aromatic carbocycles. The zero-order valence-electron chi connectivity index (χ0n) is 16.9. The van der Waals surface area contributed by atoms with E-state index in [4.69, 9.17) is 0 Å². The first kappa shape index (κ1) is 20.7. The Balaban J connectivity index is 1.44. The van der Waals surface area contributed by atoms with E-state index in [1.807, 2.05) is 31.2 Å². The van der Waals surface area contributed by atoms with E-state index in [-0.39, 0.29) is 29.8 Å². The van der Waals surface area contributed by atoms with E-state index in [9.17, 15) is 14.4 Å². The minimum Gasteiger partial charge on any atom is -0.350 e. The fraction of sp³-hybridized carbons (Fsp3) is 0.476. The summed E-state index contributed by atoms with van der Waals surface area (Å²) >= 11 is 0. The fourth-order valence-electron chi connectivity index (χ4n) is 3.63. The summed E-state index contributed by atoms with van der Waals surface area (Å²) in [5, 5.41) is 2.93. The van der Waals surface area contributed by atoms with Crippen LogP contribution in [0.3, 0.4) is 0 Å². The van der Waals surface area contributed by atoms with Gasteiger partial charge in [-0.05, 0) is 44.9 Å². The van der Waals surface area contributed by atoms with Crippen LogP contribution in [0, 0.1) is 19.8 Å². The van der Waals surface area contributed by atoms with Gasteiger partial charge >= 0.3 is 5.69 Å². The summed E-state index contributed by atoms with van der Waals surface area (Å²) in [6.45, 7) is 5.47. The molecule has 0 aliphatic carbocycles. The van der Waals surface area contributed by atoms with E-state index >= 15 is 0 Å². The van der Waals surface area contributed by atoms with Gasteiger partial charge in [0.1, 0.15) is 0 Å². The lowest BCUT2D eigenvalue weighted by atomic mass is 9.95. The van der Waals surface area contributed by atoms with E-state index in [0.717, 1.165) is 11.4 Å². The number of aromatic nitrogens is 3. The maximum atomic E-state index is 12.5. The number of rotatable bonds is 6. The molecule has 0 unspecified atom stereocenters. The Morgan fingerprint density at radius 1 is 1.21 bits per heavy atom. The molecule has 1 saturated heterocycles. The van der Waals surface area contributed by atoms with Gasteiger partial charge in [0.05, 0.1) is 12.2 Å². The molecule has 0 saturated carbocycles. The molecular weight excluding hydrogens is 370 g/mol. The van der Waals surface area contributed by atoms with E-state index in [0.29, 0.717) is 44.7 Å². The lowest BCUT2D eigenvalue weighted by molar-refractivity contribution is -0.135. The molecule has 2 amide bonds. The summed E-state index contributed by atoms with van der Waals surface area (Å²) in [5.41, 5.74) is 1.99. The third kappa shape index (κ3) is 5.49. The Morgan fingerprint density at radius 2 is 1.97 bits per heavy atom. The maximum Gasteiger partial charge on any atom is 0.347 e. The number of likely N-dealkylation sites (tertiary alicyclic amines) is 1. The van der Waals surface area contributed by atoms with Crippen molar-refractivity contribution in [3.8, 4) is 0 Å². The van der Waals surface area contributed by atoms with Crippen LogP contribution in [0.25, 0.3) is 0 Å². The van der Waals surface area contributed by atoms with Crippen LogP contribution in [0.15, 0.2) is 35.3 Å². The maximum absolute atomic E-state index is 12.5. The third-order valence-electron chi connectivity index (χ3n) is 5.28. The second kappa shape index (κ2) is 9.45. The number of hydrogen-bond acceptors (Lipinski definition) is 5. The highest BCUT2D eigenvalue weighted by atomic mass is 16.2. The molecule has 0 bridgehead atoms. The third-order valence-corrected chi connectivity index (χ3v) is 5.28. The molecule has 8 heteroatoms. The average molecular weight is 397 g/mol. The van der Waals surface area contributed by atoms with Crippen LogP contribution in [-0.4, -0.2) is 44.3 Å². The van der Waals surface area contributed by atoms with Crippen LogP contribution in [0.1, 0.15) is 36.3 Å². The molecule has 1 N–H and O–H groups in total. The van der Waals surface area contributed by atoms with Crippen LogP contribution >= 0.6 is 0 Å². The molecule has 0 atom stereocenters. The van der Waals surface area contributed by atoms with Crippen LogP contribution < -0.4 is 11.0 Å². The van der Waals surface area contributed by atoms with Crippen molar-refractivity contribution in [2.24, 2.45) is 5.92 Å². The number of pyridine rings is 1. The number of amides is 2. The first-order valence-electron chi connectivity index (χ1n) is 9.94. The summed E-state index contributed by atoms with van der Waals surface area (Å²) in [6, 6.07) is 7.44. The summed E-state index contributed by atoms with van der Waals surface area (Å²) in [7, 11) is 0. The van der Waals surface area contributed by atoms with Gasteiger partial charge in [0.2, 0.25) is 11.8 Å². The highest BCUT2D eigenvalue weighted by Crippen LogP contribution is 2.18. The minimum atomic E-state index is -0.321. The largest absolute Gasteiger partial charge is 0.350 e. The average Bonchev–Trinajstić information content (AvgIpc) is 2.72. The minimum absolute atomic E-state index is 0.00391. The summed E-state index contributed by atoms with van der Waals surface area (Å²) in [4.78, 5) is 46.8. The van der Waals surface area contributed by atoms with Crippen molar-refractivity contribution in [3.05, 3.63) is 58.0 Å². The van der Waals surface area contributed by atoms with Gasteiger partial charge in [0.15, 0.2) is 0 Å². The standard InChI is InChI=1S/C21H27N5O3/c1-15-13-16(2)26(21(29)24-15)12-8-19(27)25-10-6-17(7-11-25)20(28)23-14-18-5-3-4-9-22-18/h3-5,9,13,17H,6-8,10-12,14H2,1-2H3,(H,23,28). The lowest BCUT2D eigenvalue weighted by Crippen LogP contribution is -2.43. The van der Waals surface area contributed by atoms with Crippen LogP contribution in [0.5, 0.6) is 0 Å². The molecule has 3 rings (SSSR count). The SMILES string of the molecule is Cc1cc(C)n(CCC(=O)N2CCC(C(=O)NCc3ccccn3)CC2)c(=O)n1. The number of hydrogen-bond donors (Lipinski definition) is 1. The number of nitrogens with one attached hydrogen (secondary N) is 1. The molecular formula is C21H27N5O3. The van der Waals surface area contributed by atoms with E-state index < -0.39 is 0 Å². The summed E-state index contributed by atoms with van der Waals surface area (Å²) in [5.74, 6) is -0.0752. The Morgan fingerprint density at radius 3 is 2.62 bits per heavy atom. The number of carbonyl (C=O) groups excluding carboxylic acids is 2. The molecule has 8 nitrogen and oxygen atoms in total. The van der Waals surface area contributed by atoms with Crippen molar-refractivity contribution in [2.45, 2.75) is 46.2 Å². The van der Waals surface area contributed by atoms with Gasteiger partial charge < -0.3 is 10.2 Å². The van der Waals surface area contributed by atoms with Crippen LogP contribution in [0.2, 0.25) is 0 Å². The van der Waals surface area contributed by atoms with Gasteiger partial charge in [0.25, 0.3) is 0 Å². The Hall–Kier alpha value is -3.03. The molecule has 1 fully saturated rings. The van der Waals surface area contributed by atoms with Gasteiger partial charge in [-0.15, -0.1) is 0 Å². The molecule has 1 aliphatic rings. The highest BCUT2D eigenvalue weighted by Gasteiger charge is 2.27. The second-order valence-electron chi connectivity index (χ2n) is 7.42. The molecule has 2 aromatic rings. The molecule has 29 heavy (non-hydrogen) atoms. The molecule has 154 valence electrons. The number of aryl methyl sites for hydroxylation is 2. The summed E-state index contributed by atoms with van der Waals surface area (Å²) < 4.78 is 1.53. The van der Waals surface area contributed by atoms with E-state index in [1.54, 1.807) is 18.0 Å². The number of piperidine rings is 1. The van der Waals surface area contributed by atoms with Gasteiger partial charge in [-0.2, -0.15) is 4.98 Å². The van der Waals surface area contributed by atoms with Crippen LogP contribution in [0.4, 0.5) is 0 Å². The molecule has 0 spiro atoms. The second-order valence-corrected chi connectivity index (χ2v) is 7.42. The Labute approximate surface area is 170 Å². The van der Waals surface area contributed by atoms with Crippen LogP contribution in [-0.2, 0) is 22.7 Å². The first-order valence-corrected chi connectivity index (χ1v) is 9.94. The van der Waals surface area contributed by atoms with Gasteiger partial charge in [-0.3, -0.25) is 19.1 Å². The van der Waals surface area contributed by atoms with Crippen molar-refractivity contribution in [3.63, 3.8) is 0 Å². The monoisotopic (exact) mass is 397 g/mol. The number of nitrogens with zero attached hydrogens (tertiary/aromatic N) is 4.